The molecule has 32 heavy (non-hydrogen) atoms. The van der Waals surface area contributed by atoms with Gasteiger partial charge in [-0.15, -0.1) is 0 Å². The standard InChI is InChI=1S/C24H28FN5O2/c1-15-6-11-22(32-5)21(14-15)27-24(28-23(31)18-7-9-19(25)10-8-18)26-13-12-20-16(2)29-30(4)17(20)3/h6-11,14H,12-13H2,1-5H3,(H2,26,27,28,31). The summed E-state index contributed by atoms with van der Waals surface area (Å²) in [5.74, 6) is 0.109. The van der Waals surface area contributed by atoms with E-state index in [9.17, 15) is 9.18 Å². The summed E-state index contributed by atoms with van der Waals surface area (Å²) in [6.07, 6.45) is 0.675. The summed E-state index contributed by atoms with van der Waals surface area (Å²) in [5, 5.41) is 10.4. The zero-order chi connectivity index (χ0) is 23.3. The third-order valence-electron chi connectivity index (χ3n) is 5.24. The first-order valence-corrected chi connectivity index (χ1v) is 10.3. The molecular formula is C24H28FN5O2. The Kier molecular flexibility index (Phi) is 7.25. The number of anilines is 1. The number of carbonyl (C=O) groups is 1. The third-order valence-corrected chi connectivity index (χ3v) is 5.24. The van der Waals surface area contributed by atoms with Crippen LogP contribution in [-0.2, 0) is 13.5 Å². The maximum Gasteiger partial charge on any atom is 0.257 e. The molecular weight excluding hydrogens is 409 g/mol. The zero-order valence-electron chi connectivity index (χ0n) is 19.0. The second-order valence-electron chi connectivity index (χ2n) is 7.54. The van der Waals surface area contributed by atoms with Gasteiger partial charge in [-0.25, -0.2) is 4.39 Å². The van der Waals surface area contributed by atoms with E-state index in [2.05, 4.69) is 20.7 Å². The molecule has 2 N–H and O–H groups in total. The molecule has 1 amide bonds. The van der Waals surface area contributed by atoms with Crippen molar-refractivity contribution >= 4 is 17.6 Å². The molecule has 0 bridgehead atoms. The number of hydrogen-bond donors (Lipinski definition) is 2. The number of nitrogens with one attached hydrogen (secondary N) is 2. The molecule has 0 unspecified atom stereocenters. The van der Waals surface area contributed by atoms with Crippen LogP contribution in [-0.4, -0.2) is 35.3 Å². The largest absolute Gasteiger partial charge is 0.495 e. The van der Waals surface area contributed by atoms with Gasteiger partial charge >= 0.3 is 0 Å². The zero-order valence-corrected chi connectivity index (χ0v) is 19.0. The number of nitrogens with zero attached hydrogens (tertiary/aromatic N) is 3. The van der Waals surface area contributed by atoms with Gasteiger partial charge < -0.3 is 10.1 Å². The van der Waals surface area contributed by atoms with Gasteiger partial charge in [-0.1, -0.05) is 6.07 Å². The van der Waals surface area contributed by atoms with Crippen molar-refractivity contribution in [1.29, 1.82) is 0 Å². The van der Waals surface area contributed by atoms with E-state index >= 15 is 0 Å². The van der Waals surface area contributed by atoms with E-state index in [4.69, 9.17) is 4.74 Å². The van der Waals surface area contributed by atoms with Crippen molar-refractivity contribution < 1.29 is 13.9 Å². The highest BCUT2D eigenvalue weighted by Gasteiger charge is 2.13. The highest BCUT2D eigenvalue weighted by Crippen LogP contribution is 2.25. The maximum absolute atomic E-state index is 13.2. The lowest BCUT2D eigenvalue weighted by atomic mass is 10.1. The van der Waals surface area contributed by atoms with Crippen LogP contribution in [0.5, 0.6) is 5.75 Å². The molecule has 8 heteroatoms. The summed E-state index contributed by atoms with van der Waals surface area (Å²) in [6.45, 7) is 6.39. The van der Waals surface area contributed by atoms with Crippen LogP contribution in [0.2, 0.25) is 0 Å². The number of guanidine groups is 1. The van der Waals surface area contributed by atoms with Crippen LogP contribution in [0.15, 0.2) is 47.5 Å². The van der Waals surface area contributed by atoms with Crippen molar-refractivity contribution in [3.05, 3.63) is 76.4 Å². The smallest absolute Gasteiger partial charge is 0.257 e. The molecule has 0 aliphatic carbocycles. The van der Waals surface area contributed by atoms with Crippen molar-refractivity contribution in [2.45, 2.75) is 27.2 Å². The number of amides is 1. The fourth-order valence-electron chi connectivity index (χ4n) is 3.40. The Morgan fingerprint density at radius 1 is 1.16 bits per heavy atom. The van der Waals surface area contributed by atoms with Gasteiger partial charge in [0.25, 0.3) is 5.91 Å². The predicted octanol–water partition coefficient (Wildman–Crippen LogP) is 3.93. The number of aromatic nitrogens is 2. The first-order chi connectivity index (χ1) is 15.3. The number of halogens is 1. The van der Waals surface area contributed by atoms with Crippen molar-refractivity contribution in [3.63, 3.8) is 0 Å². The monoisotopic (exact) mass is 437 g/mol. The Labute approximate surface area is 187 Å². The fourth-order valence-corrected chi connectivity index (χ4v) is 3.40. The Hall–Kier alpha value is -3.68. The van der Waals surface area contributed by atoms with Gasteiger partial charge in [0, 0.05) is 24.8 Å². The molecule has 1 aromatic heterocycles. The Morgan fingerprint density at radius 2 is 1.88 bits per heavy atom. The first-order valence-electron chi connectivity index (χ1n) is 10.3. The number of aryl methyl sites for hydroxylation is 3. The molecule has 3 rings (SSSR count). The SMILES string of the molecule is COc1ccc(C)cc1NC(=NCCc1c(C)nn(C)c1C)NC(=O)c1ccc(F)cc1. The second-order valence-corrected chi connectivity index (χ2v) is 7.54. The van der Waals surface area contributed by atoms with E-state index in [1.165, 1.54) is 24.3 Å². The quantitative estimate of drug-likeness (QED) is 0.452. The molecule has 0 aliphatic heterocycles. The number of carbonyl (C=O) groups excluding carboxylic acids is 1. The molecule has 7 nitrogen and oxygen atoms in total. The molecule has 2 aromatic carbocycles. The summed E-state index contributed by atoms with van der Waals surface area (Å²) >= 11 is 0. The number of rotatable bonds is 6. The van der Waals surface area contributed by atoms with Crippen molar-refractivity contribution in [2.75, 3.05) is 19.0 Å². The Bertz CT molecular complexity index is 1140. The summed E-state index contributed by atoms with van der Waals surface area (Å²) in [4.78, 5) is 17.3. The van der Waals surface area contributed by atoms with Gasteiger partial charge in [-0.3, -0.25) is 19.8 Å². The van der Waals surface area contributed by atoms with E-state index in [0.29, 0.717) is 30.0 Å². The molecule has 0 saturated carbocycles. The minimum absolute atomic E-state index is 0.280. The van der Waals surface area contributed by atoms with E-state index in [1.54, 1.807) is 7.11 Å². The van der Waals surface area contributed by atoms with Crippen LogP contribution in [0.3, 0.4) is 0 Å². The Morgan fingerprint density at radius 3 is 2.50 bits per heavy atom. The molecule has 0 radical (unpaired) electrons. The molecule has 0 atom stereocenters. The van der Waals surface area contributed by atoms with Gasteiger partial charge in [0.15, 0.2) is 0 Å². The average Bonchev–Trinajstić information content (AvgIpc) is 3.00. The lowest BCUT2D eigenvalue weighted by Gasteiger charge is -2.15. The number of hydrogen-bond acceptors (Lipinski definition) is 4. The summed E-state index contributed by atoms with van der Waals surface area (Å²) < 4.78 is 20.5. The topological polar surface area (TPSA) is 80.5 Å². The van der Waals surface area contributed by atoms with Crippen LogP contribution in [0.4, 0.5) is 10.1 Å². The van der Waals surface area contributed by atoms with Gasteiger partial charge in [-0.05, 0) is 74.7 Å². The molecule has 3 aromatic rings. The molecule has 1 heterocycles. The summed E-state index contributed by atoms with van der Waals surface area (Å²) in [5.41, 5.74) is 5.22. The summed E-state index contributed by atoms with van der Waals surface area (Å²) in [6, 6.07) is 11.0. The van der Waals surface area contributed by atoms with Crippen LogP contribution < -0.4 is 15.4 Å². The highest BCUT2D eigenvalue weighted by molar-refractivity contribution is 6.10. The number of methoxy groups -OCH3 is 1. The van der Waals surface area contributed by atoms with E-state index in [0.717, 1.165) is 22.5 Å². The number of benzene rings is 2. The summed E-state index contributed by atoms with van der Waals surface area (Å²) in [7, 11) is 3.49. The van der Waals surface area contributed by atoms with Crippen molar-refractivity contribution in [1.82, 2.24) is 15.1 Å². The maximum atomic E-state index is 13.2. The van der Waals surface area contributed by atoms with Crippen molar-refractivity contribution in [2.24, 2.45) is 12.0 Å². The van der Waals surface area contributed by atoms with Crippen LogP contribution in [0, 0.1) is 26.6 Å². The third kappa shape index (κ3) is 5.51. The molecule has 168 valence electrons. The van der Waals surface area contributed by atoms with Crippen LogP contribution in [0.25, 0.3) is 0 Å². The van der Waals surface area contributed by atoms with E-state index < -0.39 is 11.7 Å². The Balaban J connectivity index is 1.84. The lowest BCUT2D eigenvalue weighted by Crippen LogP contribution is -2.36. The van der Waals surface area contributed by atoms with Gasteiger partial charge in [0.05, 0.1) is 18.5 Å². The number of ether oxygens (including phenoxy) is 1. The normalized spacial score (nSPS) is 11.4. The lowest BCUT2D eigenvalue weighted by molar-refractivity contribution is 0.0977. The number of aliphatic imine (C=N–C) groups is 1. The van der Waals surface area contributed by atoms with E-state index in [1.807, 2.05) is 50.7 Å². The minimum Gasteiger partial charge on any atom is -0.495 e. The molecule has 0 spiro atoms. The minimum atomic E-state index is -0.403. The van der Waals surface area contributed by atoms with E-state index in [-0.39, 0.29) is 5.96 Å². The van der Waals surface area contributed by atoms with Gasteiger partial charge in [0.1, 0.15) is 11.6 Å². The highest BCUT2D eigenvalue weighted by atomic mass is 19.1. The molecule has 0 saturated heterocycles. The fraction of sp³-hybridized carbons (Fsp3) is 0.292. The van der Waals surface area contributed by atoms with Gasteiger partial charge in [0.2, 0.25) is 5.96 Å². The molecule has 0 fully saturated rings. The van der Waals surface area contributed by atoms with Crippen LogP contribution in [0.1, 0.15) is 32.9 Å². The van der Waals surface area contributed by atoms with Crippen LogP contribution >= 0.6 is 0 Å². The first kappa shape index (κ1) is 23.0. The van der Waals surface area contributed by atoms with Gasteiger partial charge in [-0.2, -0.15) is 5.10 Å². The second kappa shape index (κ2) is 10.1. The average molecular weight is 438 g/mol. The molecule has 0 aliphatic rings. The predicted molar refractivity (Wildman–Crippen MR) is 124 cm³/mol. The van der Waals surface area contributed by atoms with Crippen molar-refractivity contribution in [3.8, 4) is 5.75 Å².